The monoisotopic (exact) mass is 389 g/mol. The van der Waals surface area contributed by atoms with Crippen molar-refractivity contribution in [3.63, 3.8) is 0 Å². The van der Waals surface area contributed by atoms with Crippen LogP contribution in [0.1, 0.15) is 5.69 Å². The van der Waals surface area contributed by atoms with Gasteiger partial charge >= 0.3 is 0 Å². The topological polar surface area (TPSA) is 70.2 Å². The number of benzene rings is 2. The number of fused-ring (bicyclic) bond motifs is 3. The fourth-order valence-electron chi connectivity index (χ4n) is 3.23. The molecule has 0 N–H and O–H groups in total. The first-order valence-corrected chi connectivity index (χ1v) is 9.57. The van der Waals surface area contributed by atoms with Crippen molar-refractivity contribution < 1.29 is 9.15 Å². The summed E-state index contributed by atoms with van der Waals surface area (Å²) in [4.78, 5) is 22.0. The molecular weight excluding hydrogens is 374 g/mol. The quantitative estimate of drug-likeness (QED) is 0.458. The number of ether oxygens (including phenoxy) is 1. The average Bonchev–Trinajstić information content (AvgIpc) is 3.35. The lowest BCUT2D eigenvalue weighted by Gasteiger charge is -2.05. The normalized spacial score (nSPS) is 11.3. The van der Waals surface area contributed by atoms with E-state index in [4.69, 9.17) is 9.15 Å². The van der Waals surface area contributed by atoms with Crippen LogP contribution in [0.4, 0.5) is 0 Å². The third kappa shape index (κ3) is 2.68. The molecule has 0 spiro atoms. The van der Waals surface area contributed by atoms with Crippen LogP contribution in [0.3, 0.4) is 0 Å². The Labute approximate surface area is 163 Å². The first kappa shape index (κ1) is 16.7. The standard InChI is InChI=1S/C21H15N3O3S/c1-26-16-8-4-3-7-15(16)20-23-13(11-28-20)10-24-12-22-18-14-6-2-5-9-17(14)27-19(18)21(24)25/h2-9,11-12H,10H2,1H3. The molecule has 0 aliphatic carbocycles. The first-order chi connectivity index (χ1) is 13.7. The van der Waals surface area contributed by atoms with E-state index in [2.05, 4.69) is 9.97 Å². The van der Waals surface area contributed by atoms with Crippen molar-refractivity contribution in [2.24, 2.45) is 0 Å². The minimum absolute atomic E-state index is 0.215. The van der Waals surface area contributed by atoms with E-state index in [1.165, 1.54) is 15.9 Å². The van der Waals surface area contributed by atoms with Gasteiger partial charge in [0.05, 0.1) is 31.2 Å². The Bertz CT molecular complexity index is 1370. The molecule has 0 aliphatic rings. The predicted octanol–water partition coefficient (Wildman–Crippen LogP) is 4.32. The number of methoxy groups -OCH3 is 1. The lowest BCUT2D eigenvalue weighted by molar-refractivity contribution is 0.416. The smallest absolute Gasteiger partial charge is 0.297 e. The van der Waals surface area contributed by atoms with Crippen LogP contribution in [-0.2, 0) is 6.54 Å². The van der Waals surface area contributed by atoms with Crippen LogP contribution in [0.5, 0.6) is 5.75 Å². The summed E-state index contributed by atoms with van der Waals surface area (Å²) >= 11 is 1.51. The predicted molar refractivity (Wildman–Crippen MR) is 109 cm³/mol. The zero-order chi connectivity index (χ0) is 19.1. The van der Waals surface area contributed by atoms with E-state index in [0.29, 0.717) is 17.6 Å². The number of rotatable bonds is 4. The lowest BCUT2D eigenvalue weighted by Crippen LogP contribution is -2.20. The van der Waals surface area contributed by atoms with Gasteiger partial charge in [0.15, 0.2) is 0 Å². The van der Waals surface area contributed by atoms with Crippen molar-refractivity contribution in [2.75, 3.05) is 7.11 Å². The van der Waals surface area contributed by atoms with Crippen LogP contribution in [0.2, 0.25) is 0 Å². The van der Waals surface area contributed by atoms with E-state index in [0.717, 1.165) is 27.4 Å². The largest absolute Gasteiger partial charge is 0.496 e. The van der Waals surface area contributed by atoms with Crippen LogP contribution in [-0.4, -0.2) is 21.6 Å². The van der Waals surface area contributed by atoms with Crippen molar-refractivity contribution in [1.82, 2.24) is 14.5 Å². The number of aromatic nitrogens is 3. The summed E-state index contributed by atoms with van der Waals surface area (Å²) < 4.78 is 12.7. The second-order valence-electron chi connectivity index (χ2n) is 6.30. The molecule has 3 aromatic heterocycles. The molecule has 0 unspecified atom stereocenters. The molecule has 7 heteroatoms. The van der Waals surface area contributed by atoms with E-state index < -0.39 is 0 Å². The molecule has 0 radical (unpaired) electrons. The summed E-state index contributed by atoms with van der Waals surface area (Å²) in [6, 6.07) is 15.2. The van der Waals surface area contributed by atoms with Crippen molar-refractivity contribution >= 4 is 33.4 Å². The maximum absolute atomic E-state index is 12.9. The number of para-hydroxylation sites is 2. The molecule has 3 heterocycles. The molecule has 0 aliphatic heterocycles. The van der Waals surface area contributed by atoms with E-state index in [9.17, 15) is 4.79 Å². The minimum Gasteiger partial charge on any atom is -0.496 e. The highest BCUT2D eigenvalue weighted by Gasteiger charge is 2.15. The van der Waals surface area contributed by atoms with Gasteiger partial charge < -0.3 is 9.15 Å². The van der Waals surface area contributed by atoms with Gasteiger partial charge in [-0.05, 0) is 24.3 Å². The molecule has 28 heavy (non-hydrogen) atoms. The number of furan rings is 1. The summed E-state index contributed by atoms with van der Waals surface area (Å²) in [5.41, 5.74) is 3.01. The third-order valence-corrected chi connectivity index (χ3v) is 5.50. The molecule has 0 atom stereocenters. The Morgan fingerprint density at radius 2 is 1.96 bits per heavy atom. The molecule has 5 aromatic rings. The van der Waals surface area contributed by atoms with Gasteiger partial charge in [0.1, 0.15) is 21.9 Å². The van der Waals surface area contributed by atoms with Gasteiger partial charge in [-0.15, -0.1) is 11.3 Å². The Morgan fingerprint density at radius 3 is 2.86 bits per heavy atom. The fraction of sp³-hybridized carbons (Fsp3) is 0.0952. The van der Waals surface area contributed by atoms with Crippen molar-refractivity contribution in [3.8, 4) is 16.3 Å². The average molecular weight is 389 g/mol. The van der Waals surface area contributed by atoms with Crippen molar-refractivity contribution in [2.45, 2.75) is 6.54 Å². The van der Waals surface area contributed by atoms with Gasteiger partial charge in [-0.1, -0.05) is 24.3 Å². The zero-order valence-electron chi connectivity index (χ0n) is 15.0. The molecule has 6 nitrogen and oxygen atoms in total. The lowest BCUT2D eigenvalue weighted by atomic mass is 10.2. The molecule has 138 valence electrons. The van der Waals surface area contributed by atoms with Crippen molar-refractivity contribution in [1.29, 1.82) is 0 Å². The fourth-order valence-corrected chi connectivity index (χ4v) is 4.07. The van der Waals surface area contributed by atoms with Crippen LogP contribution >= 0.6 is 11.3 Å². The Hall–Kier alpha value is -3.45. The highest BCUT2D eigenvalue weighted by atomic mass is 32.1. The zero-order valence-corrected chi connectivity index (χ0v) is 15.8. The first-order valence-electron chi connectivity index (χ1n) is 8.69. The summed E-state index contributed by atoms with van der Waals surface area (Å²) in [6.45, 7) is 0.324. The van der Waals surface area contributed by atoms with E-state index in [1.807, 2.05) is 53.9 Å². The van der Waals surface area contributed by atoms with Gasteiger partial charge in [0.25, 0.3) is 5.56 Å². The van der Waals surface area contributed by atoms with Gasteiger partial charge in [-0.3, -0.25) is 9.36 Å². The van der Waals surface area contributed by atoms with E-state index >= 15 is 0 Å². The third-order valence-electron chi connectivity index (χ3n) is 4.57. The molecular formula is C21H15N3O3S. The number of nitrogens with zero attached hydrogens (tertiary/aromatic N) is 3. The highest BCUT2D eigenvalue weighted by Crippen LogP contribution is 2.32. The Kier molecular flexibility index (Phi) is 3.95. The van der Waals surface area contributed by atoms with Gasteiger partial charge in [-0.25, -0.2) is 9.97 Å². The Balaban J connectivity index is 1.52. The van der Waals surface area contributed by atoms with E-state index in [-0.39, 0.29) is 11.1 Å². The maximum Gasteiger partial charge on any atom is 0.297 e. The van der Waals surface area contributed by atoms with Gasteiger partial charge in [0, 0.05) is 10.8 Å². The summed E-state index contributed by atoms with van der Waals surface area (Å²) in [5.74, 6) is 0.769. The van der Waals surface area contributed by atoms with Gasteiger partial charge in [0.2, 0.25) is 5.58 Å². The van der Waals surface area contributed by atoms with Crippen LogP contribution in [0.15, 0.2) is 69.5 Å². The summed E-state index contributed by atoms with van der Waals surface area (Å²) in [5, 5.41) is 3.63. The molecule has 0 bridgehead atoms. The molecule has 5 rings (SSSR count). The van der Waals surface area contributed by atoms with Crippen molar-refractivity contribution in [3.05, 3.63) is 76.3 Å². The maximum atomic E-state index is 12.9. The Morgan fingerprint density at radius 1 is 1.14 bits per heavy atom. The van der Waals surface area contributed by atoms with Crippen LogP contribution in [0.25, 0.3) is 32.6 Å². The molecule has 0 amide bonds. The summed E-state index contributed by atoms with van der Waals surface area (Å²) in [7, 11) is 1.64. The van der Waals surface area contributed by atoms with Crippen LogP contribution < -0.4 is 10.3 Å². The van der Waals surface area contributed by atoms with Gasteiger partial charge in [-0.2, -0.15) is 0 Å². The molecule has 0 saturated heterocycles. The number of hydrogen-bond donors (Lipinski definition) is 0. The second kappa shape index (κ2) is 6.61. The number of hydrogen-bond acceptors (Lipinski definition) is 6. The molecule has 0 fully saturated rings. The highest BCUT2D eigenvalue weighted by molar-refractivity contribution is 7.13. The molecule has 2 aromatic carbocycles. The summed E-state index contributed by atoms with van der Waals surface area (Å²) in [6.07, 6.45) is 1.55. The molecule has 0 saturated carbocycles. The van der Waals surface area contributed by atoms with Crippen LogP contribution in [0, 0.1) is 0 Å². The van der Waals surface area contributed by atoms with E-state index in [1.54, 1.807) is 13.4 Å². The second-order valence-corrected chi connectivity index (χ2v) is 7.16. The SMILES string of the molecule is COc1ccccc1-c1nc(Cn2cnc3c(oc4ccccc43)c2=O)cs1. The number of thiazole rings is 1. The minimum atomic E-state index is -0.215.